The number of esters is 1. The molecule has 79 heavy (non-hydrogen) atoms. The number of rotatable bonds is 68. The van der Waals surface area contributed by atoms with Gasteiger partial charge >= 0.3 is 5.97 Å². The first-order valence-corrected chi connectivity index (χ1v) is 36.1. The third kappa shape index (κ3) is 65.4. The Balaban J connectivity index is 3.39. The Bertz CT molecular complexity index is 1230. The molecule has 0 bridgehead atoms. The zero-order valence-corrected chi connectivity index (χ0v) is 53.6. The van der Waals surface area contributed by atoms with Crippen LogP contribution in [0.5, 0.6) is 0 Å². The minimum atomic E-state index is -0.843. The fourth-order valence-corrected chi connectivity index (χ4v) is 11.5. The largest absolute Gasteiger partial charge is 0.466 e. The van der Waals surface area contributed by atoms with Crippen LogP contribution in [-0.4, -0.2) is 47.4 Å². The van der Waals surface area contributed by atoms with Gasteiger partial charge in [-0.2, -0.15) is 0 Å². The van der Waals surface area contributed by atoms with Crippen LogP contribution in [0.3, 0.4) is 0 Å². The summed E-state index contributed by atoms with van der Waals surface area (Å²) in [6, 6.07) is -0.627. The molecule has 0 fully saturated rings. The maximum absolute atomic E-state index is 12.5. The highest BCUT2D eigenvalue weighted by molar-refractivity contribution is 5.76. The Kier molecular flexibility index (Phi) is 67.4. The van der Waals surface area contributed by atoms with Crippen LogP contribution in [-0.2, 0) is 14.3 Å². The van der Waals surface area contributed by atoms with Gasteiger partial charge in [-0.25, -0.2) is 0 Å². The monoisotopic (exact) mass is 1110 g/mol. The van der Waals surface area contributed by atoms with E-state index in [0.29, 0.717) is 19.4 Å². The fraction of sp³-hybridized carbons (Fsp3) is 0.918. The normalized spacial score (nSPS) is 12.6. The number of ether oxygens (including phenoxy) is 1. The highest BCUT2D eigenvalue weighted by atomic mass is 16.5. The van der Waals surface area contributed by atoms with Crippen molar-refractivity contribution in [1.29, 1.82) is 0 Å². The second kappa shape index (κ2) is 68.8. The first-order valence-electron chi connectivity index (χ1n) is 36.1. The van der Waals surface area contributed by atoms with Crippen molar-refractivity contribution < 1.29 is 24.5 Å². The second-order valence-electron chi connectivity index (χ2n) is 24.9. The molecule has 0 saturated heterocycles. The highest BCUT2D eigenvalue weighted by Gasteiger charge is 2.18. The van der Waals surface area contributed by atoms with Crippen LogP contribution in [0.4, 0.5) is 0 Å². The lowest BCUT2D eigenvalue weighted by atomic mass is 10.0. The molecule has 0 aromatic carbocycles. The van der Waals surface area contributed by atoms with Crippen LogP contribution in [0.15, 0.2) is 24.3 Å². The van der Waals surface area contributed by atoms with Crippen molar-refractivity contribution in [1.82, 2.24) is 5.32 Å². The van der Waals surface area contributed by atoms with Gasteiger partial charge in [-0.3, -0.25) is 9.59 Å². The van der Waals surface area contributed by atoms with Crippen molar-refractivity contribution in [2.75, 3.05) is 13.2 Å². The summed E-state index contributed by atoms with van der Waals surface area (Å²) in [4.78, 5) is 24.5. The van der Waals surface area contributed by atoms with Gasteiger partial charge < -0.3 is 20.3 Å². The zero-order chi connectivity index (χ0) is 57.1. The van der Waals surface area contributed by atoms with Crippen molar-refractivity contribution in [3.8, 4) is 0 Å². The van der Waals surface area contributed by atoms with Crippen LogP contribution >= 0.6 is 0 Å². The Labute approximate surface area is 494 Å². The molecule has 0 spiro atoms. The maximum atomic E-state index is 12.5. The average Bonchev–Trinajstić information content (AvgIpc) is 3.45. The lowest BCUT2D eigenvalue weighted by molar-refractivity contribution is -0.143. The molecule has 0 aromatic rings. The van der Waals surface area contributed by atoms with Crippen molar-refractivity contribution in [2.24, 2.45) is 0 Å². The summed E-state index contributed by atoms with van der Waals surface area (Å²) in [6.45, 7) is 4.94. The molecule has 2 atom stereocenters. The molecule has 1 amide bonds. The van der Waals surface area contributed by atoms with Crippen LogP contribution in [0.2, 0.25) is 0 Å². The van der Waals surface area contributed by atoms with Crippen LogP contribution < -0.4 is 5.32 Å². The Morgan fingerprint density at radius 2 is 0.595 bits per heavy atom. The molecule has 0 rings (SSSR count). The number of carbonyl (C=O) groups excluding carboxylic acids is 2. The number of allylic oxidation sites excluding steroid dienone is 3. The Morgan fingerprint density at radius 1 is 0.342 bits per heavy atom. The van der Waals surface area contributed by atoms with E-state index in [1.165, 1.54) is 340 Å². The van der Waals surface area contributed by atoms with Gasteiger partial charge in [0.15, 0.2) is 0 Å². The molecule has 0 aliphatic rings. The van der Waals surface area contributed by atoms with E-state index in [-0.39, 0.29) is 18.5 Å². The van der Waals surface area contributed by atoms with Crippen molar-refractivity contribution in [3.05, 3.63) is 24.3 Å². The predicted molar refractivity (Wildman–Crippen MR) is 347 cm³/mol. The number of carbonyl (C=O) groups is 2. The third-order valence-corrected chi connectivity index (χ3v) is 17.0. The lowest BCUT2D eigenvalue weighted by Crippen LogP contribution is -2.45. The zero-order valence-electron chi connectivity index (χ0n) is 53.6. The molecule has 0 saturated carbocycles. The summed E-state index contributed by atoms with van der Waals surface area (Å²) >= 11 is 0. The van der Waals surface area contributed by atoms with Gasteiger partial charge in [0.25, 0.3) is 0 Å². The minimum absolute atomic E-state index is 0.0177. The van der Waals surface area contributed by atoms with Crippen LogP contribution in [0.25, 0.3) is 0 Å². The standard InChI is InChI=1S/C73H141NO5/c1-3-5-7-9-11-13-15-16-17-18-19-33-36-39-42-46-49-53-57-61-65-71(76)70(69-75)74-72(77)66-62-58-54-50-47-43-40-37-34-31-29-27-25-23-21-20-22-24-26-28-30-32-35-38-41-44-48-52-56-60-64-68-79-73(78)67-63-59-55-51-45-14-12-10-8-6-4-2/h22,24,61,65,70-71,75-76H,3-21,23,25-60,62-64,66-69H2,1-2H3,(H,74,77)/b24-22-,65-61+. The summed E-state index contributed by atoms with van der Waals surface area (Å²) in [7, 11) is 0. The van der Waals surface area contributed by atoms with Gasteiger partial charge in [-0.1, -0.05) is 359 Å². The molecule has 6 nitrogen and oxygen atoms in total. The molecule has 6 heteroatoms. The van der Waals surface area contributed by atoms with E-state index in [1.54, 1.807) is 6.08 Å². The molecule has 0 aliphatic heterocycles. The van der Waals surface area contributed by atoms with Gasteiger partial charge in [0, 0.05) is 12.8 Å². The van der Waals surface area contributed by atoms with E-state index < -0.39 is 12.1 Å². The molecule has 3 N–H and O–H groups in total. The van der Waals surface area contributed by atoms with E-state index in [4.69, 9.17) is 4.74 Å². The van der Waals surface area contributed by atoms with Crippen molar-refractivity contribution in [3.63, 3.8) is 0 Å². The number of hydrogen-bond donors (Lipinski definition) is 3. The maximum Gasteiger partial charge on any atom is 0.305 e. The number of unbranched alkanes of at least 4 members (excludes halogenated alkanes) is 55. The van der Waals surface area contributed by atoms with Gasteiger partial charge in [-0.15, -0.1) is 0 Å². The van der Waals surface area contributed by atoms with E-state index in [1.807, 2.05) is 6.08 Å². The average molecular weight is 1110 g/mol. The minimum Gasteiger partial charge on any atom is -0.466 e. The molecule has 468 valence electrons. The molecule has 0 aliphatic carbocycles. The molecule has 0 radical (unpaired) electrons. The fourth-order valence-electron chi connectivity index (χ4n) is 11.5. The Morgan fingerprint density at radius 3 is 0.899 bits per heavy atom. The summed E-state index contributed by atoms with van der Waals surface area (Å²) in [5, 5.41) is 23.2. The first-order chi connectivity index (χ1) is 39.0. The van der Waals surface area contributed by atoms with Gasteiger partial charge in [-0.05, 0) is 57.8 Å². The van der Waals surface area contributed by atoms with E-state index in [9.17, 15) is 19.8 Å². The number of amides is 1. The summed E-state index contributed by atoms with van der Waals surface area (Å²) in [5.74, 6) is -0.0441. The number of nitrogens with one attached hydrogen (secondary N) is 1. The quantitative estimate of drug-likeness (QED) is 0.0320. The predicted octanol–water partition coefficient (Wildman–Crippen LogP) is 23.3. The van der Waals surface area contributed by atoms with E-state index >= 15 is 0 Å². The summed E-state index contributed by atoms with van der Waals surface area (Å²) in [5.41, 5.74) is 0. The van der Waals surface area contributed by atoms with Gasteiger partial charge in [0.05, 0.1) is 25.4 Å². The van der Waals surface area contributed by atoms with Crippen LogP contribution in [0.1, 0.15) is 406 Å². The molecule has 0 heterocycles. The number of aliphatic hydroxyl groups excluding tert-OH is 2. The number of hydrogen-bond acceptors (Lipinski definition) is 5. The smallest absolute Gasteiger partial charge is 0.305 e. The van der Waals surface area contributed by atoms with Gasteiger partial charge in [0.1, 0.15) is 0 Å². The van der Waals surface area contributed by atoms with Crippen molar-refractivity contribution in [2.45, 2.75) is 418 Å². The van der Waals surface area contributed by atoms with Crippen LogP contribution in [0, 0.1) is 0 Å². The van der Waals surface area contributed by atoms with E-state index in [2.05, 4.69) is 31.3 Å². The Hall–Kier alpha value is -1.66. The van der Waals surface area contributed by atoms with Gasteiger partial charge in [0.2, 0.25) is 5.91 Å². The summed E-state index contributed by atoms with van der Waals surface area (Å²) in [6.07, 6.45) is 87.0. The first kappa shape index (κ1) is 77.3. The summed E-state index contributed by atoms with van der Waals surface area (Å²) < 4.78 is 5.48. The number of aliphatic hydroxyl groups is 2. The molecule has 0 aromatic heterocycles. The lowest BCUT2D eigenvalue weighted by Gasteiger charge is -2.20. The molecular formula is C73H141NO5. The van der Waals surface area contributed by atoms with Crippen molar-refractivity contribution >= 4 is 11.9 Å². The molecular weight excluding hydrogens is 971 g/mol. The van der Waals surface area contributed by atoms with E-state index in [0.717, 1.165) is 38.5 Å². The SMILES string of the molecule is CCCCCCCCCCCCCCCCCCCC/C=C/C(O)C(CO)NC(=O)CCCCCCCCCCCCCCCCC/C=C\CCCCCCCCCCCCCCOC(=O)CCCCCCCCCCCCC. The molecule has 2 unspecified atom stereocenters. The second-order valence-corrected chi connectivity index (χ2v) is 24.9. The highest BCUT2D eigenvalue weighted by Crippen LogP contribution is 2.19. The topological polar surface area (TPSA) is 95.9 Å². The third-order valence-electron chi connectivity index (χ3n) is 17.0.